The molecule has 4 aliphatic heterocycles. The van der Waals surface area contributed by atoms with Crippen LogP contribution in [0.25, 0.3) is 21.0 Å². The summed E-state index contributed by atoms with van der Waals surface area (Å²) in [7, 11) is 2.70. The van der Waals surface area contributed by atoms with Gasteiger partial charge in [0.25, 0.3) is 5.91 Å². The Morgan fingerprint density at radius 3 is 1.75 bits per heavy atom. The minimum atomic E-state index is -1.94. The third-order valence-electron chi connectivity index (χ3n) is 24.2. The van der Waals surface area contributed by atoms with Crippen LogP contribution >= 0.6 is 23.1 Å². The second-order valence-electron chi connectivity index (χ2n) is 34.9. The number of benzene rings is 3. The molecule has 10 rings (SSSR count). The number of fused-ring (bicyclic) bond motifs is 5. The first kappa shape index (κ1) is 105. The molecule has 3 aromatic carbocycles. The van der Waals surface area contributed by atoms with Crippen molar-refractivity contribution < 1.29 is 101 Å². The largest absolute Gasteiger partial charge is 0.508 e. The van der Waals surface area contributed by atoms with Gasteiger partial charge in [-0.15, -0.1) is 23.1 Å². The molecule has 22 N–H and O–H groups in total. The third-order valence-corrected chi connectivity index (χ3v) is 26.3. The van der Waals surface area contributed by atoms with Crippen molar-refractivity contribution in [2.45, 2.75) is 234 Å². The first-order valence-corrected chi connectivity index (χ1v) is 47.8. The topological polar surface area (TPSA) is 652 Å². The van der Waals surface area contributed by atoms with Crippen LogP contribution in [0.5, 0.6) is 5.75 Å². The van der Waals surface area contributed by atoms with Gasteiger partial charge in [0.1, 0.15) is 84.3 Å². The zero-order valence-corrected chi connectivity index (χ0v) is 78.8. The Bertz CT molecular complexity index is 5370. The Morgan fingerprint density at radius 2 is 1.12 bits per heavy atom. The van der Waals surface area contributed by atoms with Gasteiger partial charge in [-0.1, -0.05) is 102 Å². The van der Waals surface area contributed by atoms with Crippen LogP contribution in [0.1, 0.15) is 146 Å². The van der Waals surface area contributed by atoms with E-state index >= 15 is 43.2 Å². The molecule has 137 heavy (non-hydrogen) atoms. The number of rotatable bonds is 26. The second kappa shape index (κ2) is 50.2. The van der Waals surface area contributed by atoms with Crippen LogP contribution in [0.15, 0.2) is 96.9 Å². The first-order chi connectivity index (χ1) is 65.4. The van der Waals surface area contributed by atoms with Crippen molar-refractivity contribution in [3.63, 3.8) is 0 Å². The van der Waals surface area contributed by atoms with Crippen LogP contribution in [0.2, 0.25) is 0 Å². The molecule has 0 radical (unpaired) electrons. The normalized spacial score (nSPS) is 24.4. The zero-order chi connectivity index (χ0) is 99.4. The number of nitrogens with one attached hydrogen (secondary N) is 14. The Labute approximate surface area is 798 Å². The molecule has 0 spiro atoms. The lowest BCUT2D eigenvalue weighted by molar-refractivity contribution is -0.190. The number of unbranched alkanes of at least 4 members (excludes halogenated alkanes) is 2. The standard InChI is InChI=1S/C91H123N23O21S2/c1-7-9-22-67-82(126)102-58(21-15-31-97-91(94)95)78(122)109-66(77(121)99-43-74(93)118)46-136-47-75(119)101-62(35-50-27-29-54(116)30-28-50)89(133)114-71(40-76(120)135-114)85(129)107-64(39-73(92)117)88(132)113-33-17-25-69(113)84(128)104-60(38-53-42-96-48-100-53)80(124)105-61(34-49(3)4)87(131)112-32-16-24-68(112)83(127)103-59(36-51-41-98-57-20-13-11-18-55(51)57)79(123)108-65(44-115)81(125)106-63(37-52-45-137-72-26-14-12-19-56(52)72)86(130)111(6)70(23-10-8-2)90(134)110(67)5/h11-14,18-20,26-30,41-42,45,48-49,58-71,98,115-116H,7-10,15-17,21-25,31-40,43-44,46-47H2,1-6H3,(H2,92,117)(H2,93,118)(H,96,100)(H,99,121)(H,101,119)(H,102,126)(H,103,127)(H,104,128)(H,105,124)(H,106,125)(H,107,129)(H,108,123)(H,109,122)(H4,94,95,97)/t58-,59-,60-,61-,62?,63-,64-,65-,66-,67-,68-,69-,70-,71-/m0/s1. The Morgan fingerprint density at radius 1 is 0.562 bits per heavy atom. The number of carbonyl (C=O) groups is 18. The highest BCUT2D eigenvalue weighted by atomic mass is 32.2. The fourth-order valence-corrected chi connectivity index (χ4v) is 18.9. The zero-order valence-electron chi connectivity index (χ0n) is 77.2. The highest BCUT2D eigenvalue weighted by Crippen LogP contribution is 2.31. The molecule has 44 nitrogen and oxygen atoms in total. The van der Waals surface area contributed by atoms with E-state index in [9.17, 15) is 53.4 Å². The first-order valence-electron chi connectivity index (χ1n) is 45.7. The highest BCUT2D eigenvalue weighted by Gasteiger charge is 2.49. The predicted molar refractivity (Wildman–Crippen MR) is 501 cm³/mol. The lowest BCUT2D eigenvalue weighted by Gasteiger charge is -2.36. The van der Waals surface area contributed by atoms with Crippen LogP contribution in [0.4, 0.5) is 0 Å². The van der Waals surface area contributed by atoms with E-state index < -0.39 is 241 Å². The number of likely N-dealkylation sites (N-methyl/N-ethyl adjacent to an activating group) is 2. The summed E-state index contributed by atoms with van der Waals surface area (Å²) in [5.41, 5.74) is 19.2. The number of phenols is 1. The van der Waals surface area contributed by atoms with Crippen molar-refractivity contribution in [1.82, 2.24) is 98.1 Å². The highest BCUT2D eigenvalue weighted by molar-refractivity contribution is 8.00. The molecule has 17 amide bonds. The van der Waals surface area contributed by atoms with Gasteiger partial charge in [-0.05, 0) is 115 Å². The summed E-state index contributed by atoms with van der Waals surface area (Å²) < 4.78 is 0.817. The summed E-state index contributed by atoms with van der Waals surface area (Å²) in [6.45, 7) is 5.19. The molecule has 4 aliphatic rings. The maximum absolute atomic E-state index is 15.8. The molecule has 46 heteroatoms. The number of nitrogens with zero attached hydrogens (tertiary/aromatic N) is 6. The summed E-state index contributed by atoms with van der Waals surface area (Å²) in [6.07, 6.45) is 3.11. The van der Waals surface area contributed by atoms with Crippen molar-refractivity contribution in [2.75, 3.05) is 58.4 Å². The van der Waals surface area contributed by atoms with Crippen LogP contribution in [0, 0.1) is 11.3 Å². The van der Waals surface area contributed by atoms with E-state index in [1.807, 2.05) is 32.0 Å². The maximum atomic E-state index is 15.8. The molecule has 3 aromatic heterocycles. The average Bonchev–Trinajstić information content (AvgIpc) is 1.74. The molecule has 14 atom stereocenters. The van der Waals surface area contributed by atoms with E-state index in [0.29, 0.717) is 75.6 Å². The maximum Gasteiger partial charge on any atom is 0.335 e. The molecule has 6 aromatic rings. The number of hydroxylamine groups is 2. The predicted octanol–water partition coefficient (Wildman–Crippen LogP) is -1.95. The Hall–Kier alpha value is -13.8. The van der Waals surface area contributed by atoms with Gasteiger partial charge in [0, 0.05) is 98.9 Å². The molecule has 0 saturated carbocycles. The van der Waals surface area contributed by atoms with Crippen molar-refractivity contribution in [3.8, 4) is 5.75 Å². The van der Waals surface area contributed by atoms with Gasteiger partial charge in [-0.3, -0.25) is 86.9 Å². The number of aromatic nitrogens is 3. The minimum absolute atomic E-state index is 0.00436. The van der Waals surface area contributed by atoms with E-state index in [4.69, 9.17) is 27.4 Å². The SMILES string of the molecule is CCCC[C@H]1C(=O)N(C)[C@@H](CCCC)C(=O)N[C@@H](CCCNC(=N)N)C(=O)N[C@H](C(=O)NCC(N)=O)CSCC(=O)NC(Cc2ccc(O)cc2)C(=O)N2OC(=O)C[C@H]2C(=O)N[C@@H](CC(N)=O)C(=O)N2CCC[C@H]2C(=O)N[C@@H](Cc2cnc[nH]2)C(=O)N[C@@H](CC(C)C)C(=O)N2CCC[C@H]2C(=O)N[C@@H](Cc2c[nH]c3ccccc23)C(=O)N[C@@H](CO)C(=O)N[C@@H](Cc2csc3ccccc23)C(=O)N1C. The van der Waals surface area contributed by atoms with Gasteiger partial charge in [0.15, 0.2) is 12.0 Å². The number of nitrogens with two attached hydrogens (primary N) is 3. The van der Waals surface area contributed by atoms with E-state index in [1.54, 1.807) is 55.8 Å². The number of aromatic hydroxyl groups is 1. The Balaban J connectivity index is 1.02. The summed E-state index contributed by atoms with van der Waals surface area (Å²) >= 11 is 2.06. The van der Waals surface area contributed by atoms with Gasteiger partial charge in [0.2, 0.25) is 94.5 Å². The monoisotopic (exact) mass is 1940 g/mol. The number of carbonyl (C=O) groups excluding carboxylic acids is 18. The quantitative estimate of drug-likeness (QED) is 0.0159. The molecular weight excluding hydrogens is 1820 g/mol. The van der Waals surface area contributed by atoms with Crippen molar-refractivity contribution >= 4 is 156 Å². The number of H-pyrrole nitrogens is 2. The molecule has 1 unspecified atom stereocenters. The van der Waals surface area contributed by atoms with E-state index in [1.165, 1.54) is 67.1 Å². The number of amides is 17. The molecule has 7 heterocycles. The number of hydrogen-bond acceptors (Lipinski definition) is 25. The molecule has 740 valence electrons. The van der Waals surface area contributed by atoms with Crippen molar-refractivity contribution in [3.05, 3.63) is 119 Å². The number of aromatic amines is 2. The number of hydrogen-bond donors (Lipinski definition) is 19. The lowest BCUT2D eigenvalue weighted by Crippen LogP contribution is -2.62. The van der Waals surface area contributed by atoms with E-state index in [0.717, 1.165) is 19.4 Å². The van der Waals surface area contributed by atoms with E-state index in [2.05, 4.69) is 73.4 Å². The average molecular weight is 1940 g/mol. The summed E-state index contributed by atoms with van der Waals surface area (Å²) in [6, 6.07) is -2.59. The van der Waals surface area contributed by atoms with Crippen molar-refractivity contribution in [1.29, 1.82) is 5.41 Å². The fourth-order valence-electron chi connectivity index (χ4n) is 17.0. The summed E-state index contributed by atoms with van der Waals surface area (Å²) in [4.78, 5) is 285. The number of aliphatic hydroxyl groups excluding tert-OH is 1. The van der Waals surface area contributed by atoms with Gasteiger partial charge in [0.05, 0.1) is 38.1 Å². The fraction of sp³-hybridized carbons (Fsp3) is 0.516. The minimum Gasteiger partial charge on any atom is -0.508 e. The number of thioether (sulfide) groups is 1. The second-order valence-corrected chi connectivity index (χ2v) is 36.8. The van der Waals surface area contributed by atoms with Gasteiger partial charge < -0.3 is 120 Å². The number of thiophene rings is 1. The molecular formula is C91H123N23O21S2. The van der Waals surface area contributed by atoms with Crippen LogP contribution < -0.4 is 75.7 Å². The molecule has 0 aliphatic carbocycles. The molecule has 4 saturated heterocycles. The number of primary amides is 2. The smallest absolute Gasteiger partial charge is 0.335 e. The number of aliphatic hydroxyl groups is 1. The number of guanidine groups is 1. The summed E-state index contributed by atoms with van der Waals surface area (Å²) in [5, 5.41) is 61.9. The Kier molecular flexibility index (Phi) is 38.5. The van der Waals surface area contributed by atoms with E-state index in [-0.39, 0.29) is 114 Å². The van der Waals surface area contributed by atoms with Gasteiger partial charge in [-0.25, -0.2) is 9.78 Å². The van der Waals surface area contributed by atoms with Gasteiger partial charge >= 0.3 is 5.97 Å². The van der Waals surface area contributed by atoms with Crippen LogP contribution in [-0.4, -0.2) is 305 Å². The van der Waals surface area contributed by atoms with Crippen LogP contribution in [0.3, 0.4) is 0 Å². The van der Waals surface area contributed by atoms with Crippen molar-refractivity contribution in [2.24, 2.45) is 23.1 Å². The number of imidazole rings is 1. The lowest BCUT2D eigenvalue weighted by atomic mass is 10.00. The third kappa shape index (κ3) is 28.9. The number of phenolic OH excluding ortho intramolecular Hbond substituents is 1. The van der Waals surface area contributed by atoms with Gasteiger partial charge in [-0.2, -0.15) is 5.06 Å². The molecule has 4 fully saturated rings. The molecule has 0 bridgehead atoms. The number of para-hydroxylation sites is 1. The van der Waals surface area contributed by atoms with Crippen LogP contribution in [-0.2, 0) is 117 Å². The summed E-state index contributed by atoms with van der Waals surface area (Å²) in [5.74, 6) is -19.8.